The van der Waals surface area contributed by atoms with Gasteiger partial charge in [-0.25, -0.2) is 4.79 Å². The van der Waals surface area contributed by atoms with E-state index >= 15 is 0 Å². The van der Waals surface area contributed by atoms with Crippen LogP contribution < -0.4 is 5.32 Å². The summed E-state index contributed by atoms with van der Waals surface area (Å²) in [6.45, 7) is 7.00. The van der Waals surface area contributed by atoms with Crippen molar-refractivity contribution in [1.29, 1.82) is 0 Å². The molecule has 2 saturated heterocycles. The number of hydrogen-bond acceptors (Lipinski definition) is 4. The zero-order valence-corrected chi connectivity index (χ0v) is 12.1. The van der Waals surface area contributed by atoms with Gasteiger partial charge in [-0.05, 0) is 20.3 Å². The van der Waals surface area contributed by atoms with Gasteiger partial charge in [-0.3, -0.25) is 9.69 Å². The van der Waals surface area contributed by atoms with Crippen LogP contribution in [0.15, 0.2) is 0 Å². The lowest BCUT2D eigenvalue weighted by Gasteiger charge is -2.37. The fraction of sp³-hybridized carbons (Fsp3) is 0.846. The molecule has 0 saturated carbocycles. The van der Waals surface area contributed by atoms with Crippen LogP contribution in [0.3, 0.4) is 0 Å². The van der Waals surface area contributed by atoms with E-state index in [2.05, 4.69) is 5.32 Å². The van der Waals surface area contributed by atoms with Gasteiger partial charge in [0, 0.05) is 32.8 Å². The molecule has 2 atom stereocenters. The summed E-state index contributed by atoms with van der Waals surface area (Å²) >= 11 is 0. The fourth-order valence-corrected chi connectivity index (χ4v) is 2.62. The normalized spacial score (nSPS) is 31.3. The molecule has 114 valence electrons. The summed E-state index contributed by atoms with van der Waals surface area (Å²) in [5, 5.41) is 11.8. The molecule has 2 heterocycles. The Morgan fingerprint density at radius 1 is 1.35 bits per heavy atom. The molecule has 0 aromatic heterocycles. The lowest BCUT2D eigenvalue weighted by molar-refractivity contribution is -0.138. The molecule has 0 aromatic rings. The van der Waals surface area contributed by atoms with Crippen molar-refractivity contribution < 1.29 is 19.4 Å². The quantitative estimate of drug-likeness (QED) is 0.761. The van der Waals surface area contributed by atoms with Gasteiger partial charge in [0.15, 0.2) is 0 Å². The number of carbonyl (C=O) groups excluding carboxylic acids is 1. The van der Waals surface area contributed by atoms with Gasteiger partial charge in [0.1, 0.15) is 0 Å². The van der Waals surface area contributed by atoms with Crippen molar-refractivity contribution in [2.24, 2.45) is 0 Å². The molecule has 2 aliphatic rings. The average Bonchev–Trinajstić information content (AvgIpc) is 2.69. The van der Waals surface area contributed by atoms with Gasteiger partial charge in [0.25, 0.3) is 0 Å². The Bertz CT molecular complexity index is 382. The molecular weight excluding hydrogens is 262 g/mol. The zero-order valence-electron chi connectivity index (χ0n) is 12.1. The molecule has 7 nitrogen and oxygen atoms in total. The number of rotatable bonds is 3. The number of carbonyl (C=O) groups is 2. The van der Waals surface area contributed by atoms with Crippen molar-refractivity contribution >= 4 is 12.0 Å². The first kappa shape index (κ1) is 15.1. The molecule has 2 fully saturated rings. The number of nitrogens with zero attached hydrogens (tertiary/aromatic N) is 2. The van der Waals surface area contributed by atoms with E-state index in [0.717, 1.165) is 6.42 Å². The molecule has 7 heteroatoms. The third-order valence-corrected chi connectivity index (χ3v) is 4.30. The molecule has 2 rings (SSSR count). The number of carboxylic acid groups (broad SMARTS) is 1. The molecule has 0 aliphatic carbocycles. The van der Waals surface area contributed by atoms with Gasteiger partial charge in [-0.1, -0.05) is 0 Å². The summed E-state index contributed by atoms with van der Waals surface area (Å²) in [6.07, 6.45) is 0.832. The van der Waals surface area contributed by atoms with E-state index < -0.39 is 5.97 Å². The highest BCUT2D eigenvalue weighted by Crippen LogP contribution is 2.25. The number of nitrogens with one attached hydrogen (secondary N) is 1. The summed E-state index contributed by atoms with van der Waals surface area (Å²) < 4.78 is 5.51. The molecule has 0 aromatic carbocycles. The maximum absolute atomic E-state index is 12.3. The Kier molecular flexibility index (Phi) is 4.49. The average molecular weight is 285 g/mol. The van der Waals surface area contributed by atoms with Crippen molar-refractivity contribution in [1.82, 2.24) is 15.1 Å². The van der Waals surface area contributed by atoms with E-state index in [1.54, 1.807) is 4.90 Å². The van der Waals surface area contributed by atoms with E-state index in [-0.39, 0.29) is 24.2 Å². The summed E-state index contributed by atoms with van der Waals surface area (Å²) in [7, 11) is 0. The van der Waals surface area contributed by atoms with Crippen LogP contribution in [0.2, 0.25) is 0 Å². The first-order chi connectivity index (χ1) is 9.40. The van der Waals surface area contributed by atoms with E-state index in [1.165, 1.54) is 0 Å². The lowest BCUT2D eigenvalue weighted by atomic mass is 9.95. The highest BCUT2D eigenvalue weighted by Gasteiger charge is 2.39. The van der Waals surface area contributed by atoms with Crippen LogP contribution >= 0.6 is 0 Å². The number of hydrogen-bond donors (Lipinski definition) is 2. The minimum absolute atomic E-state index is 0.0137. The second-order valence-electron chi connectivity index (χ2n) is 5.77. The molecule has 20 heavy (non-hydrogen) atoms. The van der Waals surface area contributed by atoms with Crippen LogP contribution in [0.4, 0.5) is 4.79 Å². The van der Waals surface area contributed by atoms with Gasteiger partial charge in [0.05, 0.1) is 18.2 Å². The minimum Gasteiger partial charge on any atom is -0.480 e. The molecule has 0 bridgehead atoms. The van der Waals surface area contributed by atoms with E-state index in [0.29, 0.717) is 32.8 Å². The third-order valence-electron chi connectivity index (χ3n) is 4.30. The van der Waals surface area contributed by atoms with E-state index in [9.17, 15) is 9.59 Å². The minimum atomic E-state index is -0.827. The van der Waals surface area contributed by atoms with Gasteiger partial charge in [-0.15, -0.1) is 0 Å². The summed E-state index contributed by atoms with van der Waals surface area (Å²) in [4.78, 5) is 26.5. The Hall–Kier alpha value is -1.34. The monoisotopic (exact) mass is 285 g/mol. The maximum Gasteiger partial charge on any atom is 0.317 e. The topological polar surface area (TPSA) is 82.1 Å². The number of ether oxygens (including phenoxy) is 1. The van der Waals surface area contributed by atoms with Crippen molar-refractivity contribution in [2.75, 3.05) is 39.3 Å². The molecule has 0 radical (unpaired) electrons. The first-order valence-electron chi connectivity index (χ1n) is 7.03. The summed E-state index contributed by atoms with van der Waals surface area (Å²) in [6, 6.07) is -0.0835. The molecular formula is C13H23N3O4. The van der Waals surface area contributed by atoms with Gasteiger partial charge in [-0.2, -0.15) is 0 Å². The van der Waals surface area contributed by atoms with Gasteiger partial charge >= 0.3 is 12.0 Å². The fourth-order valence-electron chi connectivity index (χ4n) is 2.62. The SMILES string of the molecule is CC1OCCC1(C)NC(=O)N1CCN(CC(=O)O)CC1. The Balaban J connectivity index is 1.81. The van der Waals surface area contributed by atoms with Crippen LogP contribution in [0.5, 0.6) is 0 Å². The number of urea groups is 1. The number of piperazine rings is 1. The molecule has 2 unspecified atom stereocenters. The van der Waals surface area contributed by atoms with Gasteiger partial charge < -0.3 is 20.1 Å². The third kappa shape index (κ3) is 3.40. The van der Waals surface area contributed by atoms with Crippen LogP contribution in [0.25, 0.3) is 0 Å². The highest BCUT2D eigenvalue weighted by molar-refractivity contribution is 5.75. The van der Waals surface area contributed by atoms with Crippen LogP contribution in [-0.2, 0) is 9.53 Å². The molecule has 0 spiro atoms. The number of aliphatic carboxylic acids is 1. The Labute approximate surface area is 118 Å². The smallest absolute Gasteiger partial charge is 0.317 e. The van der Waals surface area contributed by atoms with Crippen molar-refractivity contribution in [3.8, 4) is 0 Å². The standard InChI is InChI=1S/C13H23N3O4/c1-10-13(2,3-8-20-10)14-12(19)16-6-4-15(5-7-16)9-11(17)18/h10H,3-9H2,1-2H3,(H,14,19)(H,17,18). The van der Waals surface area contributed by atoms with Crippen LogP contribution in [0, 0.1) is 0 Å². The van der Waals surface area contributed by atoms with Crippen molar-refractivity contribution in [2.45, 2.75) is 31.9 Å². The van der Waals surface area contributed by atoms with Crippen molar-refractivity contribution in [3.63, 3.8) is 0 Å². The molecule has 2 amide bonds. The zero-order chi connectivity index (χ0) is 14.8. The van der Waals surface area contributed by atoms with Crippen LogP contribution in [0.1, 0.15) is 20.3 Å². The highest BCUT2D eigenvalue weighted by atomic mass is 16.5. The second kappa shape index (κ2) is 5.97. The number of amides is 2. The van der Waals surface area contributed by atoms with E-state index in [1.807, 2.05) is 18.7 Å². The van der Waals surface area contributed by atoms with Crippen molar-refractivity contribution in [3.05, 3.63) is 0 Å². The Morgan fingerprint density at radius 3 is 2.50 bits per heavy atom. The van der Waals surface area contributed by atoms with E-state index in [4.69, 9.17) is 9.84 Å². The van der Waals surface area contributed by atoms with Crippen LogP contribution in [-0.4, -0.2) is 77.9 Å². The lowest BCUT2D eigenvalue weighted by Crippen LogP contribution is -2.58. The van der Waals surface area contributed by atoms with Gasteiger partial charge in [0.2, 0.25) is 0 Å². The predicted molar refractivity (Wildman–Crippen MR) is 72.6 cm³/mol. The molecule has 2 aliphatic heterocycles. The first-order valence-corrected chi connectivity index (χ1v) is 7.03. The predicted octanol–water partition coefficient (Wildman–Crippen LogP) is -0.0343. The summed E-state index contributed by atoms with van der Waals surface area (Å²) in [5.41, 5.74) is -0.310. The maximum atomic E-state index is 12.3. The molecule has 2 N–H and O–H groups in total. The summed E-state index contributed by atoms with van der Waals surface area (Å²) in [5.74, 6) is -0.827. The Morgan fingerprint density at radius 2 is 2.00 bits per heavy atom. The second-order valence-corrected chi connectivity index (χ2v) is 5.77. The largest absolute Gasteiger partial charge is 0.480 e. The number of carboxylic acids is 1.